The van der Waals surface area contributed by atoms with Crippen LogP contribution >= 0.6 is 0 Å². The number of aliphatic carboxylic acids is 1. The average molecular weight is 323 g/mol. The molecule has 1 amide bonds. The number of methoxy groups -OCH3 is 3. The minimum Gasteiger partial charge on any atom is -0.493 e. The number of benzene rings is 1. The third-order valence-electron chi connectivity index (χ3n) is 3.16. The molecule has 0 aliphatic heterocycles. The van der Waals surface area contributed by atoms with E-state index in [9.17, 15) is 14.7 Å². The Hall–Kier alpha value is -2.70. The molecular formula is C16H21NO6. The van der Waals surface area contributed by atoms with Gasteiger partial charge in [0.2, 0.25) is 5.75 Å². The van der Waals surface area contributed by atoms with Crippen LogP contribution in [0.15, 0.2) is 24.3 Å². The normalized spacial score (nSPS) is 11.8. The fourth-order valence-corrected chi connectivity index (χ4v) is 2.01. The number of ether oxygens (including phenoxy) is 3. The van der Waals surface area contributed by atoms with Crippen molar-refractivity contribution in [3.05, 3.63) is 29.8 Å². The van der Waals surface area contributed by atoms with Crippen LogP contribution in [-0.2, 0) is 4.79 Å². The van der Waals surface area contributed by atoms with E-state index in [0.29, 0.717) is 5.75 Å². The summed E-state index contributed by atoms with van der Waals surface area (Å²) in [5.74, 6) is -0.831. The van der Waals surface area contributed by atoms with Crippen molar-refractivity contribution < 1.29 is 28.9 Å². The monoisotopic (exact) mass is 323 g/mol. The molecule has 0 aromatic heterocycles. The first-order valence-corrected chi connectivity index (χ1v) is 6.93. The Labute approximate surface area is 134 Å². The van der Waals surface area contributed by atoms with Gasteiger partial charge in [-0.1, -0.05) is 12.2 Å². The number of carboxylic acid groups (broad SMARTS) is 1. The van der Waals surface area contributed by atoms with Gasteiger partial charge in [-0.3, -0.25) is 4.79 Å². The Kier molecular flexibility index (Phi) is 6.92. The lowest BCUT2D eigenvalue weighted by molar-refractivity contribution is -0.139. The van der Waals surface area contributed by atoms with E-state index in [1.807, 2.05) is 0 Å². The highest BCUT2D eigenvalue weighted by atomic mass is 16.5. The number of hydrogen-bond donors (Lipinski definition) is 2. The van der Waals surface area contributed by atoms with E-state index >= 15 is 0 Å². The van der Waals surface area contributed by atoms with Gasteiger partial charge >= 0.3 is 5.97 Å². The lowest BCUT2D eigenvalue weighted by atomic mass is 10.1. The summed E-state index contributed by atoms with van der Waals surface area (Å²) < 4.78 is 15.6. The number of nitrogens with one attached hydrogen (secondary N) is 1. The largest absolute Gasteiger partial charge is 0.493 e. The minimum absolute atomic E-state index is 0.164. The van der Waals surface area contributed by atoms with Crippen molar-refractivity contribution in [1.29, 1.82) is 0 Å². The van der Waals surface area contributed by atoms with E-state index in [2.05, 4.69) is 5.32 Å². The molecule has 0 bridgehead atoms. The predicted molar refractivity (Wildman–Crippen MR) is 84.4 cm³/mol. The summed E-state index contributed by atoms with van der Waals surface area (Å²) >= 11 is 0. The molecule has 0 aliphatic carbocycles. The van der Waals surface area contributed by atoms with Gasteiger partial charge in [0.1, 0.15) is 6.04 Å². The van der Waals surface area contributed by atoms with Crippen LogP contribution in [0.3, 0.4) is 0 Å². The summed E-state index contributed by atoms with van der Waals surface area (Å²) in [6.45, 7) is 1.78. The standard InChI is InChI=1S/C16H21NO6/c1-5-6-7-11(16(19)20)17-15(18)10-8-9-12(21-2)14(23-4)13(10)22-3/h5-6,8-9,11H,7H2,1-4H3,(H,17,18)(H,19,20)/b6-5+. The van der Waals surface area contributed by atoms with Crippen molar-refractivity contribution in [2.24, 2.45) is 0 Å². The molecule has 7 nitrogen and oxygen atoms in total. The zero-order chi connectivity index (χ0) is 17.4. The van der Waals surface area contributed by atoms with Crippen LogP contribution in [0.2, 0.25) is 0 Å². The molecule has 2 N–H and O–H groups in total. The quantitative estimate of drug-likeness (QED) is 0.709. The van der Waals surface area contributed by atoms with Crippen LogP contribution < -0.4 is 19.5 Å². The maximum Gasteiger partial charge on any atom is 0.326 e. The van der Waals surface area contributed by atoms with Crippen LogP contribution in [0, 0.1) is 0 Å². The van der Waals surface area contributed by atoms with Crippen LogP contribution in [0.5, 0.6) is 17.2 Å². The van der Waals surface area contributed by atoms with E-state index in [1.54, 1.807) is 25.1 Å². The fourth-order valence-electron chi connectivity index (χ4n) is 2.01. The van der Waals surface area contributed by atoms with Crippen molar-refractivity contribution in [2.45, 2.75) is 19.4 Å². The Balaban J connectivity index is 3.14. The maximum absolute atomic E-state index is 12.4. The molecule has 1 unspecified atom stereocenters. The number of carbonyl (C=O) groups excluding carboxylic acids is 1. The maximum atomic E-state index is 12.4. The predicted octanol–water partition coefficient (Wildman–Crippen LogP) is 1.86. The Morgan fingerprint density at radius 1 is 1.17 bits per heavy atom. The number of rotatable bonds is 8. The summed E-state index contributed by atoms with van der Waals surface area (Å²) in [6.07, 6.45) is 3.58. The number of amides is 1. The van der Waals surface area contributed by atoms with Gasteiger partial charge in [-0.05, 0) is 25.5 Å². The molecule has 0 aliphatic rings. The topological polar surface area (TPSA) is 94.1 Å². The van der Waals surface area contributed by atoms with E-state index in [1.165, 1.54) is 27.4 Å². The third kappa shape index (κ3) is 4.38. The Morgan fingerprint density at radius 3 is 2.30 bits per heavy atom. The summed E-state index contributed by atoms with van der Waals surface area (Å²) in [5.41, 5.74) is 0.164. The molecule has 23 heavy (non-hydrogen) atoms. The highest BCUT2D eigenvalue weighted by Gasteiger charge is 2.24. The summed E-state index contributed by atoms with van der Waals surface area (Å²) in [5, 5.41) is 11.6. The SMILES string of the molecule is C/C=C/CC(NC(=O)c1ccc(OC)c(OC)c1OC)C(=O)O. The molecule has 0 radical (unpaired) electrons. The van der Waals surface area contributed by atoms with E-state index in [-0.39, 0.29) is 23.5 Å². The highest BCUT2D eigenvalue weighted by molar-refractivity contribution is 6.00. The number of hydrogen-bond acceptors (Lipinski definition) is 5. The van der Waals surface area contributed by atoms with Crippen LogP contribution in [0.1, 0.15) is 23.7 Å². The Morgan fingerprint density at radius 2 is 1.83 bits per heavy atom. The molecule has 0 saturated heterocycles. The molecule has 0 saturated carbocycles. The first-order chi connectivity index (χ1) is 11.0. The lowest BCUT2D eigenvalue weighted by Gasteiger charge is -2.17. The van der Waals surface area contributed by atoms with Gasteiger partial charge < -0.3 is 24.6 Å². The molecule has 0 spiro atoms. The molecule has 0 fully saturated rings. The van der Waals surface area contributed by atoms with Crippen molar-refractivity contribution >= 4 is 11.9 Å². The molecule has 7 heteroatoms. The zero-order valence-corrected chi connectivity index (χ0v) is 13.6. The van der Waals surface area contributed by atoms with Crippen molar-refractivity contribution in [3.8, 4) is 17.2 Å². The average Bonchev–Trinajstić information content (AvgIpc) is 2.56. The van der Waals surface area contributed by atoms with Gasteiger partial charge in [-0.15, -0.1) is 0 Å². The number of allylic oxidation sites excluding steroid dienone is 1. The molecule has 1 atom stereocenters. The van der Waals surface area contributed by atoms with E-state index in [4.69, 9.17) is 14.2 Å². The molecule has 126 valence electrons. The van der Waals surface area contributed by atoms with Gasteiger partial charge in [0.15, 0.2) is 11.5 Å². The van der Waals surface area contributed by atoms with E-state index < -0.39 is 17.9 Å². The first-order valence-electron chi connectivity index (χ1n) is 6.93. The van der Waals surface area contributed by atoms with Gasteiger partial charge in [0.05, 0.1) is 26.9 Å². The first kappa shape index (κ1) is 18.3. The second-order valence-electron chi connectivity index (χ2n) is 4.55. The summed E-state index contributed by atoms with van der Waals surface area (Å²) in [7, 11) is 4.28. The van der Waals surface area contributed by atoms with Gasteiger partial charge in [0.25, 0.3) is 5.91 Å². The van der Waals surface area contributed by atoms with E-state index in [0.717, 1.165) is 0 Å². The van der Waals surface area contributed by atoms with Gasteiger partial charge in [-0.2, -0.15) is 0 Å². The van der Waals surface area contributed by atoms with Gasteiger partial charge in [0, 0.05) is 0 Å². The summed E-state index contributed by atoms with van der Waals surface area (Å²) in [6, 6.07) is 2.01. The smallest absolute Gasteiger partial charge is 0.326 e. The molecule has 1 aromatic carbocycles. The van der Waals surface area contributed by atoms with Crippen molar-refractivity contribution in [3.63, 3.8) is 0 Å². The Bertz CT molecular complexity index is 596. The highest BCUT2D eigenvalue weighted by Crippen LogP contribution is 2.39. The fraction of sp³-hybridized carbons (Fsp3) is 0.375. The van der Waals surface area contributed by atoms with Crippen LogP contribution in [0.4, 0.5) is 0 Å². The zero-order valence-electron chi connectivity index (χ0n) is 13.6. The van der Waals surface area contributed by atoms with Gasteiger partial charge in [-0.25, -0.2) is 4.79 Å². The van der Waals surface area contributed by atoms with Crippen LogP contribution in [-0.4, -0.2) is 44.4 Å². The number of carboxylic acids is 1. The third-order valence-corrected chi connectivity index (χ3v) is 3.16. The van der Waals surface area contributed by atoms with Crippen molar-refractivity contribution in [2.75, 3.05) is 21.3 Å². The minimum atomic E-state index is -1.11. The molecular weight excluding hydrogens is 302 g/mol. The molecule has 0 heterocycles. The van der Waals surface area contributed by atoms with Crippen LogP contribution in [0.25, 0.3) is 0 Å². The second-order valence-corrected chi connectivity index (χ2v) is 4.55. The summed E-state index contributed by atoms with van der Waals surface area (Å²) in [4.78, 5) is 23.6. The second kappa shape index (κ2) is 8.67. The molecule has 1 rings (SSSR count). The number of carbonyl (C=O) groups is 2. The van der Waals surface area contributed by atoms with Crippen molar-refractivity contribution in [1.82, 2.24) is 5.32 Å². The lowest BCUT2D eigenvalue weighted by Crippen LogP contribution is -2.40. The molecule has 1 aromatic rings.